The van der Waals surface area contributed by atoms with Gasteiger partial charge in [-0.25, -0.2) is 13.2 Å². The Kier molecular flexibility index (Phi) is 8.74. The lowest BCUT2D eigenvalue weighted by atomic mass is 10.1. The molecule has 0 N–H and O–H groups in total. The summed E-state index contributed by atoms with van der Waals surface area (Å²) in [5.41, 5.74) is -0.425. The van der Waals surface area contributed by atoms with Gasteiger partial charge < -0.3 is 4.90 Å². The van der Waals surface area contributed by atoms with E-state index in [1.165, 1.54) is 37.0 Å². The number of carbonyl (C=O) groups is 1. The van der Waals surface area contributed by atoms with Crippen molar-refractivity contribution in [2.75, 3.05) is 13.6 Å². The van der Waals surface area contributed by atoms with Crippen LogP contribution in [0, 0.1) is 17.5 Å². The Labute approximate surface area is 136 Å². The number of nitrogens with zero attached hydrogens (tertiary/aromatic N) is 1. The first-order valence-electron chi connectivity index (χ1n) is 8.38. The van der Waals surface area contributed by atoms with Crippen LogP contribution in [-0.4, -0.2) is 24.4 Å². The molecule has 0 aromatic heterocycles. The molecule has 0 aliphatic carbocycles. The fourth-order valence-electron chi connectivity index (χ4n) is 2.48. The van der Waals surface area contributed by atoms with Gasteiger partial charge in [0.2, 0.25) is 0 Å². The number of hydrogen-bond donors (Lipinski definition) is 0. The highest BCUT2D eigenvalue weighted by Crippen LogP contribution is 2.17. The molecule has 0 saturated heterocycles. The lowest BCUT2D eigenvalue weighted by Gasteiger charge is -2.17. The second-order valence-corrected chi connectivity index (χ2v) is 5.92. The molecule has 130 valence electrons. The highest BCUT2D eigenvalue weighted by molar-refractivity contribution is 5.94. The first-order valence-corrected chi connectivity index (χ1v) is 8.38. The summed E-state index contributed by atoms with van der Waals surface area (Å²) in [6.45, 7) is 2.66. The molecule has 2 nitrogen and oxygen atoms in total. The van der Waals surface area contributed by atoms with Crippen molar-refractivity contribution in [2.24, 2.45) is 0 Å². The molecule has 0 fully saturated rings. The number of hydrogen-bond acceptors (Lipinski definition) is 1. The highest BCUT2D eigenvalue weighted by Gasteiger charge is 2.21. The van der Waals surface area contributed by atoms with Gasteiger partial charge in [0.1, 0.15) is 0 Å². The molecule has 1 amide bonds. The second-order valence-electron chi connectivity index (χ2n) is 5.92. The number of amides is 1. The van der Waals surface area contributed by atoms with E-state index in [-0.39, 0.29) is 0 Å². The Morgan fingerprint density at radius 2 is 1.48 bits per heavy atom. The predicted molar refractivity (Wildman–Crippen MR) is 85.9 cm³/mol. The van der Waals surface area contributed by atoms with E-state index in [4.69, 9.17) is 0 Å². The minimum atomic E-state index is -1.60. The van der Waals surface area contributed by atoms with Gasteiger partial charge in [-0.05, 0) is 18.6 Å². The van der Waals surface area contributed by atoms with Crippen LogP contribution in [0.4, 0.5) is 13.2 Å². The third-order valence-corrected chi connectivity index (χ3v) is 3.96. The van der Waals surface area contributed by atoms with Crippen LogP contribution in [0.5, 0.6) is 0 Å². The smallest absolute Gasteiger partial charge is 0.256 e. The van der Waals surface area contributed by atoms with Crippen LogP contribution in [-0.2, 0) is 0 Å². The van der Waals surface area contributed by atoms with E-state index in [1.54, 1.807) is 7.05 Å². The van der Waals surface area contributed by atoms with E-state index in [0.717, 1.165) is 31.4 Å². The molecule has 0 atom stereocenters. The van der Waals surface area contributed by atoms with E-state index in [0.29, 0.717) is 6.54 Å². The van der Waals surface area contributed by atoms with Crippen molar-refractivity contribution in [3.63, 3.8) is 0 Å². The minimum absolute atomic E-state index is 0.425. The Hall–Kier alpha value is -1.52. The third-order valence-electron chi connectivity index (χ3n) is 3.96. The quantitative estimate of drug-likeness (QED) is 0.420. The molecular weight excluding hydrogens is 303 g/mol. The molecule has 23 heavy (non-hydrogen) atoms. The third kappa shape index (κ3) is 6.24. The van der Waals surface area contributed by atoms with Crippen molar-refractivity contribution in [1.82, 2.24) is 4.90 Å². The first-order chi connectivity index (χ1) is 11.0. The SMILES string of the molecule is CCCCCCCCCCN(C)C(=O)c1ccc(F)c(F)c1F. The fourth-order valence-corrected chi connectivity index (χ4v) is 2.48. The number of unbranched alkanes of at least 4 members (excludes halogenated alkanes) is 7. The fraction of sp³-hybridized carbons (Fsp3) is 0.611. The van der Waals surface area contributed by atoms with E-state index in [2.05, 4.69) is 6.92 Å². The maximum absolute atomic E-state index is 13.6. The molecule has 0 bridgehead atoms. The van der Waals surface area contributed by atoms with Gasteiger partial charge in [-0.3, -0.25) is 4.79 Å². The largest absolute Gasteiger partial charge is 0.342 e. The van der Waals surface area contributed by atoms with Gasteiger partial charge in [-0.15, -0.1) is 0 Å². The van der Waals surface area contributed by atoms with Crippen LogP contribution < -0.4 is 0 Å². The van der Waals surface area contributed by atoms with Crippen molar-refractivity contribution in [3.05, 3.63) is 35.1 Å². The van der Waals surface area contributed by atoms with E-state index in [1.807, 2.05) is 0 Å². The predicted octanol–water partition coefficient (Wildman–Crippen LogP) is 5.32. The van der Waals surface area contributed by atoms with Crippen molar-refractivity contribution in [3.8, 4) is 0 Å². The van der Waals surface area contributed by atoms with Gasteiger partial charge in [-0.1, -0.05) is 51.9 Å². The number of benzene rings is 1. The van der Waals surface area contributed by atoms with Crippen molar-refractivity contribution >= 4 is 5.91 Å². The zero-order valence-corrected chi connectivity index (χ0v) is 14.0. The maximum atomic E-state index is 13.6. The standard InChI is InChI=1S/C18H26F3NO/c1-3-4-5-6-7-8-9-10-13-22(2)18(23)14-11-12-15(19)17(21)16(14)20/h11-12H,3-10,13H2,1-2H3. The molecule has 0 radical (unpaired) electrons. The molecule has 0 aliphatic rings. The number of halogens is 3. The summed E-state index contributed by atoms with van der Waals surface area (Å²) in [4.78, 5) is 13.4. The normalized spacial score (nSPS) is 10.8. The van der Waals surface area contributed by atoms with Crippen LogP contribution in [0.3, 0.4) is 0 Å². The molecule has 5 heteroatoms. The molecule has 0 unspecified atom stereocenters. The second kappa shape index (κ2) is 10.3. The van der Waals surface area contributed by atoms with E-state index >= 15 is 0 Å². The lowest BCUT2D eigenvalue weighted by molar-refractivity contribution is 0.0786. The van der Waals surface area contributed by atoms with Gasteiger partial charge >= 0.3 is 0 Å². The lowest BCUT2D eigenvalue weighted by Crippen LogP contribution is -2.28. The van der Waals surface area contributed by atoms with Crippen LogP contribution in [0.25, 0.3) is 0 Å². The van der Waals surface area contributed by atoms with Crippen LogP contribution >= 0.6 is 0 Å². The number of rotatable bonds is 10. The van der Waals surface area contributed by atoms with Crippen LogP contribution in [0.1, 0.15) is 68.6 Å². The summed E-state index contributed by atoms with van der Waals surface area (Å²) in [6.07, 6.45) is 9.14. The van der Waals surface area contributed by atoms with E-state index < -0.39 is 28.9 Å². The van der Waals surface area contributed by atoms with Crippen LogP contribution in [0.2, 0.25) is 0 Å². The number of carbonyl (C=O) groups excluding carboxylic acids is 1. The van der Waals surface area contributed by atoms with Gasteiger partial charge in [-0.2, -0.15) is 0 Å². The van der Waals surface area contributed by atoms with Gasteiger partial charge in [0.15, 0.2) is 17.5 Å². The summed E-state index contributed by atoms with van der Waals surface area (Å²) in [5, 5.41) is 0. The van der Waals surface area contributed by atoms with Crippen LogP contribution in [0.15, 0.2) is 12.1 Å². The van der Waals surface area contributed by atoms with Crippen molar-refractivity contribution in [2.45, 2.75) is 58.3 Å². The summed E-state index contributed by atoms with van der Waals surface area (Å²) in [7, 11) is 1.55. The summed E-state index contributed by atoms with van der Waals surface area (Å²) in [5.74, 6) is -4.93. The van der Waals surface area contributed by atoms with Crippen molar-refractivity contribution in [1.29, 1.82) is 0 Å². The molecular formula is C18H26F3NO. The molecule has 1 aromatic rings. The summed E-state index contributed by atoms with van der Waals surface area (Å²) < 4.78 is 39.7. The zero-order chi connectivity index (χ0) is 17.2. The summed E-state index contributed by atoms with van der Waals surface area (Å²) in [6, 6.07) is 1.76. The van der Waals surface area contributed by atoms with Gasteiger partial charge in [0, 0.05) is 13.6 Å². The van der Waals surface area contributed by atoms with Gasteiger partial charge in [0.05, 0.1) is 5.56 Å². The average Bonchev–Trinajstić information content (AvgIpc) is 2.54. The topological polar surface area (TPSA) is 20.3 Å². The maximum Gasteiger partial charge on any atom is 0.256 e. The molecule has 0 aliphatic heterocycles. The minimum Gasteiger partial charge on any atom is -0.342 e. The monoisotopic (exact) mass is 329 g/mol. The Bertz CT molecular complexity index is 505. The Morgan fingerprint density at radius 1 is 0.913 bits per heavy atom. The van der Waals surface area contributed by atoms with Crippen molar-refractivity contribution < 1.29 is 18.0 Å². The molecule has 1 rings (SSSR count). The molecule has 0 heterocycles. The Balaban J connectivity index is 2.34. The molecule has 0 saturated carbocycles. The zero-order valence-electron chi connectivity index (χ0n) is 14.0. The first kappa shape index (κ1) is 19.5. The highest BCUT2D eigenvalue weighted by atomic mass is 19.2. The molecule has 1 aromatic carbocycles. The van der Waals surface area contributed by atoms with E-state index in [9.17, 15) is 18.0 Å². The average molecular weight is 329 g/mol. The van der Waals surface area contributed by atoms with Gasteiger partial charge in [0.25, 0.3) is 5.91 Å². The molecule has 0 spiro atoms. The Morgan fingerprint density at radius 3 is 2.09 bits per heavy atom. The summed E-state index contributed by atoms with van der Waals surface area (Å²) >= 11 is 0.